The monoisotopic (exact) mass is 554 g/mol. The number of aliphatic hydroxyl groups excluding tert-OH is 1. The fraction of sp³-hybridized carbons (Fsp3) is 0.357. The topological polar surface area (TPSA) is 128 Å². The number of hydrogen-bond donors (Lipinski definition) is 1. The quantitative estimate of drug-likeness (QED) is 0.241. The Morgan fingerprint density at radius 1 is 1.08 bits per heavy atom. The van der Waals surface area contributed by atoms with Crippen molar-refractivity contribution in [2.75, 3.05) is 24.7 Å². The molecule has 0 fully saturated rings. The standard InChI is InChI=1S/C28H30N2O8S/c1-6-13-37-18-12-10-17(14-20(18)35-7-2)22-21(23(31)19-11-9-15(4)38-19)24(32)26(33)30(22)28-29-16(5)25(39-28)27(34)36-8-3/h9-12,14,22,32H,6-8,13H2,1-5H3. The van der Waals surface area contributed by atoms with Gasteiger partial charge in [0.15, 0.2) is 28.1 Å². The largest absolute Gasteiger partial charge is 0.503 e. The second-order valence-electron chi connectivity index (χ2n) is 8.70. The number of rotatable bonds is 11. The number of hydrogen-bond acceptors (Lipinski definition) is 10. The molecular formula is C28H30N2O8S. The number of furan rings is 1. The second kappa shape index (κ2) is 11.7. The fourth-order valence-electron chi connectivity index (χ4n) is 4.20. The number of anilines is 1. The fourth-order valence-corrected chi connectivity index (χ4v) is 5.19. The molecule has 10 nitrogen and oxygen atoms in total. The van der Waals surface area contributed by atoms with Gasteiger partial charge < -0.3 is 23.7 Å². The van der Waals surface area contributed by atoms with Crippen LogP contribution in [0.1, 0.15) is 70.5 Å². The molecule has 39 heavy (non-hydrogen) atoms. The Hall–Kier alpha value is -4.12. The van der Waals surface area contributed by atoms with E-state index in [1.165, 1.54) is 11.0 Å². The summed E-state index contributed by atoms with van der Waals surface area (Å²) in [6.45, 7) is 9.82. The lowest BCUT2D eigenvalue weighted by Crippen LogP contribution is -2.31. The van der Waals surface area contributed by atoms with Crippen LogP contribution < -0.4 is 14.4 Å². The van der Waals surface area contributed by atoms with Gasteiger partial charge in [0, 0.05) is 0 Å². The zero-order valence-electron chi connectivity index (χ0n) is 22.4. The number of carbonyl (C=O) groups excluding carboxylic acids is 3. The van der Waals surface area contributed by atoms with Crippen LogP contribution in [0.5, 0.6) is 11.5 Å². The highest BCUT2D eigenvalue weighted by molar-refractivity contribution is 7.17. The lowest BCUT2D eigenvalue weighted by molar-refractivity contribution is -0.117. The Bertz CT molecular complexity index is 1440. The Morgan fingerprint density at radius 3 is 2.49 bits per heavy atom. The van der Waals surface area contributed by atoms with Crippen molar-refractivity contribution < 1.29 is 38.1 Å². The molecule has 1 aliphatic heterocycles. The summed E-state index contributed by atoms with van der Waals surface area (Å²) in [6, 6.07) is 7.09. The number of esters is 1. The summed E-state index contributed by atoms with van der Waals surface area (Å²) in [7, 11) is 0. The Kier molecular flexibility index (Phi) is 8.39. The molecule has 3 heterocycles. The second-order valence-corrected chi connectivity index (χ2v) is 9.68. The highest BCUT2D eigenvalue weighted by Gasteiger charge is 2.47. The lowest BCUT2D eigenvalue weighted by atomic mass is 9.95. The van der Waals surface area contributed by atoms with Gasteiger partial charge in [-0.05, 0) is 63.9 Å². The van der Waals surface area contributed by atoms with Gasteiger partial charge >= 0.3 is 5.97 Å². The van der Waals surface area contributed by atoms with Crippen LogP contribution in [0.4, 0.5) is 5.13 Å². The van der Waals surface area contributed by atoms with Crippen molar-refractivity contribution in [2.24, 2.45) is 0 Å². The summed E-state index contributed by atoms with van der Waals surface area (Å²) in [5.74, 6) is -1.37. The van der Waals surface area contributed by atoms with Gasteiger partial charge in [-0.1, -0.05) is 24.3 Å². The predicted octanol–water partition coefficient (Wildman–Crippen LogP) is 5.50. The van der Waals surface area contributed by atoms with Crippen LogP contribution in [-0.2, 0) is 9.53 Å². The number of aromatic nitrogens is 1. The molecule has 1 amide bonds. The Balaban J connectivity index is 1.87. The van der Waals surface area contributed by atoms with Gasteiger partial charge in [-0.2, -0.15) is 0 Å². The molecule has 11 heteroatoms. The van der Waals surface area contributed by atoms with Gasteiger partial charge in [0.25, 0.3) is 5.91 Å². The van der Waals surface area contributed by atoms with Crippen LogP contribution in [0.15, 0.2) is 46.1 Å². The normalized spacial score (nSPS) is 15.2. The molecule has 1 aliphatic rings. The number of carbonyl (C=O) groups is 3. The number of amides is 1. The maximum atomic E-state index is 13.6. The molecule has 1 N–H and O–H groups in total. The number of benzene rings is 1. The predicted molar refractivity (Wildman–Crippen MR) is 144 cm³/mol. The van der Waals surface area contributed by atoms with Crippen molar-refractivity contribution in [3.05, 3.63) is 69.3 Å². The first-order chi connectivity index (χ1) is 18.7. The van der Waals surface area contributed by atoms with E-state index in [1.807, 2.05) is 13.8 Å². The third kappa shape index (κ3) is 5.40. The van der Waals surface area contributed by atoms with Crippen LogP contribution in [0.3, 0.4) is 0 Å². The first kappa shape index (κ1) is 27.9. The van der Waals surface area contributed by atoms with Crippen molar-refractivity contribution in [3.8, 4) is 11.5 Å². The van der Waals surface area contributed by atoms with E-state index in [0.29, 0.717) is 41.7 Å². The van der Waals surface area contributed by atoms with E-state index in [1.54, 1.807) is 45.0 Å². The van der Waals surface area contributed by atoms with Gasteiger partial charge in [-0.3, -0.25) is 14.5 Å². The zero-order valence-corrected chi connectivity index (χ0v) is 23.2. The molecular weight excluding hydrogens is 524 g/mol. The van der Waals surface area contributed by atoms with Crippen molar-refractivity contribution >= 4 is 34.1 Å². The average Bonchev–Trinajstić information content (AvgIpc) is 3.59. The first-order valence-electron chi connectivity index (χ1n) is 12.6. The molecule has 0 radical (unpaired) electrons. The number of Topliss-reactive ketones (excluding diaryl/α,β-unsaturated/α-hetero) is 1. The molecule has 0 saturated carbocycles. The van der Waals surface area contributed by atoms with Gasteiger partial charge in [0.05, 0.1) is 37.1 Å². The molecule has 0 aliphatic carbocycles. The van der Waals surface area contributed by atoms with Crippen LogP contribution in [-0.4, -0.2) is 47.6 Å². The molecule has 1 atom stereocenters. The van der Waals surface area contributed by atoms with E-state index in [0.717, 1.165) is 17.8 Å². The van der Waals surface area contributed by atoms with Crippen molar-refractivity contribution in [2.45, 2.75) is 47.1 Å². The van der Waals surface area contributed by atoms with Crippen LogP contribution in [0, 0.1) is 13.8 Å². The molecule has 4 rings (SSSR count). The van der Waals surface area contributed by atoms with Crippen molar-refractivity contribution in [3.63, 3.8) is 0 Å². The van der Waals surface area contributed by atoms with Crippen LogP contribution >= 0.6 is 11.3 Å². The number of nitrogens with zero attached hydrogens (tertiary/aromatic N) is 2. The minimum atomic E-state index is -1.09. The molecule has 0 bridgehead atoms. The summed E-state index contributed by atoms with van der Waals surface area (Å²) in [6.07, 6.45) is 0.794. The minimum absolute atomic E-state index is 0.0239. The van der Waals surface area contributed by atoms with Gasteiger partial charge in [0.2, 0.25) is 5.78 Å². The molecule has 0 saturated heterocycles. The van der Waals surface area contributed by atoms with E-state index >= 15 is 0 Å². The minimum Gasteiger partial charge on any atom is -0.503 e. The highest BCUT2D eigenvalue weighted by Crippen LogP contribution is 2.45. The zero-order chi connectivity index (χ0) is 28.3. The van der Waals surface area contributed by atoms with E-state index < -0.39 is 29.5 Å². The number of aliphatic hydroxyl groups is 1. The SMILES string of the molecule is CCCOc1ccc(C2C(C(=O)c3ccc(C)o3)=C(O)C(=O)N2c2nc(C)c(C(=O)OCC)s2)cc1OCC. The van der Waals surface area contributed by atoms with E-state index in [2.05, 4.69) is 4.98 Å². The molecule has 206 valence electrons. The summed E-state index contributed by atoms with van der Waals surface area (Å²) >= 11 is 0.942. The Morgan fingerprint density at radius 2 is 1.85 bits per heavy atom. The van der Waals surface area contributed by atoms with Crippen molar-refractivity contribution in [1.82, 2.24) is 4.98 Å². The van der Waals surface area contributed by atoms with Gasteiger partial charge in [-0.25, -0.2) is 9.78 Å². The number of thiazole rings is 1. The molecule has 3 aromatic rings. The molecule has 2 aromatic heterocycles. The molecule has 0 spiro atoms. The maximum absolute atomic E-state index is 13.6. The number of aryl methyl sites for hydroxylation is 2. The summed E-state index contributed by atoms with van der Waals surface area (Å²) < 4.78 is 22.3. The number of ketones is 1. The third-order valence-corrected chi connectivity index (χ3v) is 7.05. The molecule has 1 aromatic carbocycles. The first-order valence-corrected chi connectivity index (χ1v) is 13.4. The van der Waals surface area contributed by atoms with Gasteiger partial charge in [-0.15, -0.1) is 0 Å². The van der Waals surface area contributed by atoms with E-state index in [9.17, 15) is 19.5 Å². The third-order valence-electron chi connectivity index (χ3n) is 5.91. The Labute approximate surface area is 229 Å². The van der Waals surface area contributed by atoms with Crippen LogP contribution in [0.2, 0.25) is 0 Å². The van der Waals surface area contributed by atoms with Crippen molar-refractivity contribution in [1.29, 1.82) is 0 Å². The highest BCUT2D eigenvalue weighted by atomic mass is 32.1. The summed E-state index contributed by atoms with van der Waals surface area (Å²) in [4.78, 5) is 45.5. The smallest absolute Gasteiger partial charge is 0.350 e. The number of ether oxygens (including phenoxy) is 3. The lowest BCUT2D eigenvalue weighted by Gasteiger charge is -2.25. The maximum Gasteiger partial charge on any atom is 0.350 e. The summed E-state index contributed by atoms with van der Waals surface area (Å²) in [5.41, 5.74) is 0.653. The van der Waals surface area contributed by atoms with Gasteiger partial charge in [0.1, 0.15) is 10.6 Å². The van der Waals surface area contributed by atoms with E-state index in [4.69, 9.17) is 18.6 Å². The summed E-state index contributed by atoms with van der Waals surface area (Å²) in [5, 5.41) is 11.2. The van der Waals surface area contributed by atoms with E-state index in [-0.39, 0.29) is 27.9 Å². The average molecular weight is 555 g/mol. The van der Waals surface area contributed by atoms with Crippen LogP contribution in [0.25, 0.3) is 0 Å². The molecule has 1 unspecified atom stereocenters.